The van der Waals surface area contributed by atoms with Crippen LogP contribution in [0.15, 0.2) is 30.3 Å². The molecule has 0 radical (unpaired) electrons. The first-order chi connectivity index (χ1) is 9.67. The van der Waals surface area contributed by atoms with Crippen LogP contribution in [0.3, 0.4) is 0 Å². The van der Waals surface area contributed by atoms with Crippen LogP contribution in [0.5, 0.6) is 0 Å². The van der Waals surface area contributed by atoms with E-state index in [9.17, 15) is 9.59 Å². The molecule has 0 fully saturated rings. The zero-order valence-corrected chi connectivity index (χ0v) is 13.2. The van der Waals surface area contributed by atoms with E-state index in [1.807, 2.05) is 30.3 Å². The van der Waals surface area contributed by atoms with Crippen molar-refractivity contribution in [2.75, 3.05) is 26.7 Å². The Labute approximate surface area is 131 Å². The van der Waals surface area contributed by atoms with Crippen molar-refractivity contribution >= 4 is 24.3 Å². The van der Waals surface area contributed by atoms with Crippen molar-refractivity contribution in [3.63, 3.8) is 0 Å². The Bertz CT molecular complexity index is 426. The second-order valence-electron chi connectivity index (χ2n) is 4.47. The summed E-state index contributed by atoms with van der Waals surface area (Å²) in [6, 6.07) is 9.70. The van der Waals surface area contributed by atoms with E-state index < -0.39 is 0 Å². The molecule has 1 unspecified atom stereocenters. The molecule has 1 aromatic carbocycles. The molecular weight excluding hydrogens is 292 g/mol. The number of hydrogen-bond acceptors (Lipinski definition) is 4. The van der Waals surface area contributed by atoms with Crippen LogP contribution in [0.4, 0.5) is 0 Å². The third kappa shape index (κ3) is 7.68. The minimum atomic E-state index is -0.363. The third-order valence-electron chi connectivity index (χ3n) is 2.83. The number of rotatable bonds is 8. The summed E-state index contributed by atoms with van der Waals surface area (Å²) in [5, 5.41) is 5.51. The summed E-state index contributed by atoms with van der Waals surface area (Å²) in [6.07, 6.45) is 0.555. The summed E-state index contributed by atoms with van der Waals surface area (Å²) in [7, 11) is 1.70. The van der Waals surface area contributed by atoms with Crippen LogP contribution in [-0.4, -0.2) is 38.6 Å². The summed E-state index contributed by atoms with van der Waals surface area (Å²) < 4.78 is 5.06. The van der Waals surface area contributed by atoms with Crippen LogP contribution in [0, 0.1) is 5.92 Å². The Hall–Kier alpha value is -1.59. The topological polar surface area (TPSA) is 67.4 Å². The zero-order chi connectivity index (χ0) is 14.8. The molecule has 6 heteroatoms. The molecule has 0 saturated heterocycles. The maximum Gasteiger partial charge on any atom is 0.311 e. The normalized spacial score (nSPS) is 11.1. The van der Waals surface area contributed by atoms with Crippen molar-refractivity contribution in [1.29, 1.82) is 0 Å². The number of esters is 1. The maximum atomic E-state index is 11.9. The van der Waals surface area contributed by atoms with Gasteiger partial charge in [0.05, 0.1) is 19.1 Å². The van der Waals surface area contributed by atoms with E-state index in [1.165, 1.54) is 0 Å². The van der Waals surface area contributed by atoms with E-state index in [0.29, 0.717) is 13.0 Å². The summed E-state index contributed by atoms with van der Waals surface area (Å²) in [6.45, 7) is 2.64. The van der Waals surface area contributed by atoms with Crippen LogP contribution in [0.1, 0.15) is 12.5 Å². The van der Waals surface area contributed by atoms with E-state index in [-0.39, 0.29) is 43.3 Å². The number of carbonyl (C=O) groups excluding carboxylic acids is 2. The largest absolute Gasteiger partial charge is 0.466 e. The van der Waals surface area contributed by atoms with E-state index in [2.05, 4.69) is 10.6 Å². The van der Waals surface area contributed by atoms with Gasteiger partial charge >= 0.3 is 5.97 Å². The van der Waals surface area contributed by atoms with E-state index in [4.69, 9.17) is 4.74 Å². The van der Waals surface area contributed by atoms with Gasteiger partial charge in [-0.05, 0) is 26.0 Å². The average Bonchev–Trinajstić information content (AvgIpc) is 2.45. The second kappa shape index (κ2) is 11.1. The fraction of sp³-hybridized carbons (Fsp3) is 0.467. The number of halogens is 1. The highest BCUT2D eigenvalue weighted by atomic mass is 35.5. The Kier molecular flexibility index (Phi) is 10.3. The number of carbonyl (C=O) groups is 2. The van der Waals surface area contributed by atoms with Crippen molar-refractivity contribution in [3.05, 3.63) is 35.9 Å². The molecule has 5 nitrogen and oxygen atoms in total. The molecule has 2 N–H and O–H groups in total. The van der Waals surface area contributed by atoms with E-state index in [1.54, 1.807) is 14.0 Å². The van der Waals surface area contributed by atoms with Gasteiger partial charge in [0.25, 0.3) is 0 Å². The van der Waals surface area contributed by atoms with Gasteiger partial charge in [-0.25, -0.2) is 0 Å². The van der Waals surface area contributed by atoms with E-state index in [0.717, 1.165) is 5.56 Å². The summed E-state index contributed by atoms with van der Waals surface area (Å²) in [4.78, 5) is 23.4. The van der Waals surface area contributed by atoms with Crippen molar-refractivity contribution in [2.24, 2.45) is 5.92 Å². The fourth-order valence-electron chi connectivity index (χ4n) is 1.86. The molecule has 0 spiro atoms. The number of hydrogen-bond donors (Lipinski definition) is 2. The second-order valence-corrected chi connectivity index (χ2v) is 4.47. The van der Waals surface area contributed by atoms with E-state index >= 15 is 0 Å². The first-order valence-corrected chi connectivity index (χ1v) is 6.79. The lowest BCUT2D eigenvalue weighted by atomic mass is 9.99. The lowest BCUT2D eigenvalue weighted by Gasteiger charge is -2.16. The summed E-state index contributed by atoms with van der Waals surface area (Å²) >= 11 is 0. The molecule has 21 heavy (non-hydrogen) atoms. The van der Waals surface area contributed by atoms with Crippen molar-refractivity contribution in [2.45, 2.75) is 13.3 Å². The molecule has 0 aliphatic carbocycles. The van der Waals surface area contributed by atoms with Gasteiger partial charge in [0.15, 0.2) is 0 Å². The van der Waals surface area contributed by atoms with Gasteiger partial charge in [-0.2, -0.15) is 0 Å². The average molecular weight is 315 g/mol. The van der Waals surface area contributed by atoms with Crippen molar-refractivity contribution in [1.82, 2.24) is 10.6 Å². The molecular formula is C15H23ClN2O3. The van der Waals surface area contributed by atoms with Gasteiger partial charge in [0, 0.05) is 6.54 Å². The maximum absolute atomic E-state index is 11.9. The quantitative estimate of drug-likeness (QED) is 0.707. The molecule has 1 aromatic rings. The lowest BCUT2D eigenvalue weighted by molar-refractivity contribution is -0.147. The highest BCUT2D eigenvalue weighted by Crippen LogP contribution is 2.10. The molecule has 1 atom stereocenters. The van der Waals surface area contributed by atoms with Gasteiger partial charge in [-0.15, -0.1) is 12.4 Å². The van der Waals surface area contributed by atoms with Crippen LogP contribution >= 0.6 is 12.4 Å². The van der Waals surface area contributed by atoms with Gasteiger partial charge in [0.2, 0.25) is 5.91 Å². The molecule has 0 heterocycles. The third-order valence-corrected chi connectivity index (χ3v) is 2.83. The van der Waals surface area contributed by atoms with Crippen LogP contribution in [0.2, 0.25) is 0 Å². The number of likely N-dealkylation sites (N-methyl/N-ethyl adjacent to an activating group) is 1. The van der Waals surface area contributed by atoms with Gasteiger partial charge < -0.3 is 15.4 Å². The molecule has 0 saturated carbocycles. The number of benzene rings is 1. The first-order valence-electron chi connectivity index (χ1n) is 6.79. The van der Waals surface area contributed by atoms with Gasteiger partial charge in [-0.3, -0.25) is 9.59 Å². The summed E-state index contributed by atoms with van der Waals surface area (Å²) in [5.74, 6) is -0.769. The fourth-order valence-corrected chi connectivity index (χ4v) is 1.86. The molecule has 118 valence electrons. The zero-order valence-electron chi connectivity index (χ0n) is 12.4. The Morgan fingerprint density at radius 1 is 1.24 bits per heavy atom. The van der Waals surface area contributed by atoms with Crippen LogP contribution in [-0.2, 0) is 20.7 Å². The van der Waals surface area contributed by atoms with Crippen molar-refractivity contribution < 1.29 is 14.3 Å². The van der Waals surface area contributed by atoms with Crippen LogP contribution < -0.4 is 10.6 Å². The van der Waals surface area contributed by atoms with Gasteiger partial charge in [-0.1, -0.05) is 30.3 Å². The monoisotopic (exact) mass is 314 g/mol. The number of amides is 1. The highest BCUT2D eigenvalue weighted by molar-refractivity contribution is 5.85. The van der Waals surface area contributed by atoms with Gasteiger partial charge in [0.1, 0.15) is 0 Å². The summed E-state index contributed by atoms with van der Waals surface area (Å²) in [5.41, 5.74) is 1.05. The predicted octanol–water partition coefficient (Wildman–Crippen LogP) is 1.17. The number of nitrogens with one attached hydrogen (secondary N) is 2. The smallest absolute Gasteiger partial charge is 0.311 e. The Morgan fingerprint density at radius 2 is 1.90 bits per heavy atom. The Morgan fingerprint density at radius 3 is 2.48 bits per heavy atom. The molecule has 0 aliphatic rings. The lowest BCUT2D eigenvalue weighted by Crippen LogP contribution is -2.38. The standard InChI is InChI=1S/C15H22N2O3.ClH/c1-3-20-15(19)13(10-17-14(18)11-16-2)9-12-7-5-4-6-8-12;/h4-8,13,16H,3,9-11H2,1-2H3,(H,17,18);1H. The molecule has 1 rings (SSSR count). The molecule has 0 aromatic heterocycles. The first kappa shape index (κ1) is 19.4. The number of ether oxygens (including phenoxy) is 1. The molecule has 1 amide bonds. The minimum absolute atomic E-state index is 0. The predicted molar refractivity (Wildman–Crippen MR) is 84.5 cm³/mol. The minimum Gasteiger partial charge on any atom is -0.466 e. The molecule has 0 aliphatic heterocycles. The van der Waals surface area contributed by atoms with Crippen LogP contribution in [0.25, 0.3) is 0 Å². The molecule has 0 bridgehead atoms. The van der Waals surface area contributed by atoms with Crippen molar-refractivity contribution in [3.8, 4) is 0 Å². The Balaban J connectivity index is 0.00000400. The SMILES string of the molecule is CCOC(=O)C(CNC(=O)CNC)Cc1ccccc1.Cl. The highest BCUT2D eigenvalue weighted by Gasteiger charge is 2.20.